The number of hydrogen-bond donors (Lipinski definition) is 1. The summed E-state index contributed by atoms with van der Waals surface area (Å²) in [4.78, 5) is 12.2. The molecule has 1 aliphatic carbocycles. The lowest BCUT2D eigenvalue weighted by Gasteiger charge is -2.20. The Morgan fingerprint density at radius 2 is 1.75 bits per heavy atom. The first-order chi connectivity index (χ1) is 9.65. The van der Waals surface area contributed by atoms with E-state index in [2.05, 4.69) is 5.32 Å². The van der Waals surface area contributed by atoms with Crippen molar-refractivity contribution in [3.05, 3.63) is 29.8 Å². The van der Waals surface area contributed by atoms with Crippen LogP contribution in [-0.2, 0) is 4.79 Å². The molecule has 1 aromatic carbocycles. The summed E-state index contributed by atoms with van der Waals surface area (Å²) in [5, 5.41) is 3.13. The van der Waals surface area contributed by atoms with E-state index in [0.29, 0.717) is 6.04 Å². The van der Waals surface area contributed by atoms with Gasteiger partial charge in [0.25, 0.3) is 5.91 Å². The smallest absolute Gasteiger partial charge is 0.260 e. The van der Waals surface area contributed by atoms with Gasteiger partial charge < -0.3 is 10.1 Å². The van der Waals surface area contributed by atoms with Crippen LogP contribution in [0, 0.1) is 6.92 Å². The molecule has 0 aromatic heterocycles. The van der Waals surface area contributed by atoms with Crippen LogP contribution in [-0.4, -0.2) is 18.1 Å². The third kappa shape index (κ3) is 4.55. The summed E-state index contributed by atoms with van der Waals surface area (Å²) in [5.41, 5.74) is 1.19. The maximum Gasteiger partial charge on any atom is 0.260 e. The summed E-state index contributed by atoms with van der Waals surface area (Å²) < 4.78 is 5.69. The Morgan fingerprint density at radius 3 is 2.35 bits per heavy atom. The van der Waals surface area contributed by atoms with Gasteiger partial charge in [-0.2, -0.15) is 0 Å². The molecule has 1 aliphatic rings. The number of aryl methyl sites for hydroxylation is 1. The highest BCUT2D eigenvalue weighted by Gasteiger charge is 2.19. The van der Waals surface area contributed by atoms with Gasteiger partial charge in [-0.15, -0.1) is 0 Å². The fourth-order valence-electron chi connectivity index (χ4n) is 2.62. The zero-order valence-electron chi connectivity index (χ0n) is 12.5. The Kier molecular flexibility index (Phi) is 5.45. The second kappa shape index (κ2) is 7.32. The minimum absolute atomic E-state index is 0.00234. The van der Waals surface area contributed by atoms with Crippen molar-refractivity contribution in [3.63, 3.8) is 0 Å². The van der Waals surface area contributed by atoms with E-state index in [1.165, 1.54) is 31.2 Å². The van der Waals surface area contributed by atoms with E-state index >= 15 is 0 Å². The van der Waals surface area contributed by atoms with Crippen molar-refractivity contribution in [3.8, 4) is 5.75 Å². The average molecular weight is 275 g/mol. The van der Waals surface area contributed by atoms with Gasteiger partial charge in [0.1, 0.15) is 5.75 Å². The van der Waals surface area contributed by atoms with Gasteiger partial charge >= 0.3 is 0 Å². The van der Waals surface area contributed by atoms with Gasteiger partial charge in [0.05, 0.1) is 0 Å². The normalized spacial score (nSPS) is 18.1. The summed E-state index contributed by atoms with van der Waals surface area (Å²) in [7, 11) is 0. The van der Waals surface area contributed by atoms with Crippen LogP contribution in [0.15, 0.2) is 24.3 Å². The van der Waals surface area contributed by atoms with E-state index in [0.717, 1.165) is 18.6 Å². The Bertz CT molecular complexity index is 419. The largest absolute Gasteiger partial charge is 0.481 e. The summed E-state index contributed by atoms with van der Waals surface area (Å²) in [6, 6.07) is 8.13. The van der Waals surface area contributed by atoms with Crippen molar-refractivity contribution in [1.82, 2.24) is 5.32 Å². The summed E-state index contributed by atoms with van der Waals surface area (Å²) in [5.74, 6) is 0.747. The third-order valence-electron chi connectivity index (χ3n) is 3.90. The number of hydrogen-bond acceptors (Lipinski definition) is 2. The van der Waals surface area contributed by atoms with Gasteiger partial charge in [-0.3, -0.25) is 4.79 Å². The summed E-state index contributed by atoms with van der Waals surface area (Å²) >= 11 is 0. The van der Waals surface area contributed by atoms with Crippen LogP contribution in [0.4, 0.5) is 0 Å². The van der Waals surface area contributed by atoms with Gasteiger partial charge in [-0.25, -0.2) is 0 Å². The van der Waals surface area contributed by atoms with Crippen molar-refractivity contribution >= 4 is 5.91 Å². The first-order valence-corrected chi connectivity index (χ1v) is 7.69. The lowest BCUT2D eigenvalue weighted by Crippen LogP contribution is -2.42. The van der Waals surface area contributed by atoms with Crippen LogP contribution in [0.25, 0.3) is 0 Å². The molecule has 20 heavy (non-hydrogen) atoms. The second-order valence-corrected chi connectivity index (χ2v) is 5.77. The van der Waals surface area contributed by atoms with Gasteiger partial charge in [-0.05, 0) is 38.8 Å². The van der Waals surface area contributed by atoms with Crippen LogP contribution < -0.4 is 10.1 Å². The highest BCUT2D eigenvalue weighted by Crippen LogP contribution is 2.18. The van der Waals surface area contributed by atoms with Gasteiger partial charge in [0.2, 0.25) is 0 Å². The molecule has 0 heterocycles. The molecule has 1 atom stereocenters. The molecule has 0 aliphatic heterocycles. The van der Waals surface area contributed by atoms with Crippen molar-refractivity contribution in [2.75, 3.05) is 0 Å². The number of carbonyl (C=O) groups is 1. The lowest BCUT2D eigenvalue weighted by atomic mass is 10.1. The van der Waals surface area contributed by atoms with Gasteiger partial charge in [0, 0.05) is 6.04 Å². The number of nitrogens with one attached hydrogen (secondary N) is 1. The molecule has 0 spiro atoms. The molecule has 1 N–H and O–H groups in total. The van der Waals surface area contributed by atoms with Crippen molar-refractivity contribution in [1.29, 1.82) is 0 Å². The fourth-order valence-corrected chi connectivity index (χ4v) is 2.62. The van der Waals surface area contributed by atoms with Crippen molar-refractivity contribution in [2.45, 2.75) is 64.5 Å². The molecular formula is C17H25NO2. The molecule has 1 fully saturated rings. The fraction of sp³-hybridized carbons (Fsp3) is 0.588. The molecule has 110 valence electrons. The van der Waals surface area contributed by atoms with E-state index in [4.69, 9.17) is 4.74 Å². The Hall–Kier alpha value is -1.51. The SMILES string of the molecule is Cc1ccc(O[C@H](C)C(=O)NC2CCCCCC2)cc1. The van der Waals surface area contributed by atoms with Crippen LogP contribution >= 0.6 is 0 Å². The number of benzene rings is 1. The summed E-state index contributed by atoms with van der Waals surface area (Å²) in [6.45, 7) is 3.85. The molecule has 0 bridgehead atoms. The van der Waals surface area contributed by atoms with Gasteiger partial charge in [-0.1, -0.05) is 43.4 Å². The predicted octanol–water partition coefficient (Wildman–Crippen LogP) is 3.60. The second-order valence-electron chi connectivity index (χ2n) is 5.77. The molecule has 0 radical (unpaired) electrons. The predicted molar refractivity (Wildman–Crippen MR) is 80.9 cm³/mol. The number of carbonyl (C=O) groups excluding carboxylic acids is 1. The molecule has 2 rings (SSSR count). The lowest BCUT2D eigenvalue weighted by molar-refractivity contribution is -0.128. The average Bonchev–Trinajstić information content (AvgIpc) is 2.70. The standard InChI is InChI=1S/C17H25NO2/c1-13-9-11-16(12-10-13)20-14(2)17(19)18-15-7-5-3-4-6-8-15/h9-12,14-15H,3-8H2,1-2H3,(H,18,19)/t14-/m1/s1. The van der Waals surface area contributed by atoms with Crippen LogP contribution in [0.5, 0.6) is 5.75 Å². The topological polar surface area (TPSA) is 38.3 Å². The molecule has 3 heteroatoms. The maximum atomic E-state index is 12.2. The van der Waals surface area contributed by atoms with Crippen molar-refractivity contribution in [2.24, 2.45) is 0 Å². The molecule has 1 aromatic rings. The molecule has 0 saturated heterocycles. The van der Waals surface area contributed by atoms with Crippen LogP contribution in [0.1, 0.15) is 51.0 Å². The monoisotopic (exact) mass is 275 g/mol. The Morgan fingerprint density at radius 1 is 1.15 bits per heavy atom. The zero-order valence-corrected chi connectivity index (χ0v) is 12.5. The molecule has 1 amide bonds. The quantitative estimate of drug-likeness (QED) is 0.853. The Labute approximate surface area is 121 Å². The highest BCUT2D eigenvalue weighted by molar-refractivity contribution is 5.81. The first kappa shape index (κ1) is 14.9. The zero-order chi connectivity index (χ0) is 14.4. The minimum Gasteiger partial charge on any atom is -0.481 e. The molecular weight excluding hydrogens is 250 g/mol. The van der Waals surface area contributed by atoms with E-state index in [9.17, 15) is 4.79 Å². The van der Waals surface area contributed by atoms with Gasteiger partial charge in [0.15, 0.2) is 6.10 Å². The van der Waals surface area contributed by atoms with E-state index < -0.39 is 6.10 Å². The summed E-state index contributed by atoms with van der Waals surface area (Å²) in [6.07, 6.45) is 6.78. The Balaban J connectivity index is 1.83. The van der Waals surface area contributed by atoms with E-state index in [1.54, 1.807) is 0 Å². The third-order valence-corrected chi connectivity index (χ3v) is 3.90. The molecule has 3 nitrogen and oxygen atoms in total. The van der Waals surface area contributed by atoms with Crippen LogP contribution in [0.3, 0.4) is 0 Å². The number of rotatable bonds is 4. The molecule has 0 unspecified atom stereocenters. The molecule has 1 saturated carbocycles. The van der Waals surface area contributed by atoms with E-state index in [1.807, 2.05) is 38.1 Å². The highest BCUT2D eigenvalue weighted by atomic mass is 16.5. The van der Waals surface area contributed by atoms with Crippen LogP contribution in [0.2, 0.25) is 0 Å². The van der Waals surface area contributed by atoms with Crippen molar-refractivity contribution < 1.29 is 9.53 Å². The maximum absolute atomic E-state index is 12.2. The number of ether oxygens (including phenoxy) is 1. The first-order valence-electron chi connectivity index (χ1n) is 7.69. The number of amides is 1. The minimum atomic E-state index is -0.444. The van der Waals surface area contributed by atoms with E-state index in [-0.39, 0.29) is 5.91 Å².